The molecule has 0 fully saturated rings. The van der Waals surface area contributed by atoms with Gasteiger partial charge >= 0.3 is 5.97 Å². The van der Waals surface area contributed by atoms with Crippen LogP contribution >= 0.6 is 0 Å². The molecule has 0 aliphatic heterocycles. The number of methoxy groups -OCH3 is 1. The Bertz CT molecular complexity index is 1260. The molecule has 1 atom stereocenters. The molecule has 0 amide bonds. The number of nitrogens with zero attached hydrogens (tertiary/aromatic N) is 1. The number of furan rings is 1. The van der Waals surface area contributed by atoms with E-state index in [1.165, 1.54) is 0 Å². The van der Waals surface area contributed by atoms with Crippen LogP contribution in [0.1, 0.15) is 30.4 Å². The third-order valence-electron chi connectivity index (χ3n) is 5.80. The number of ether oxygens (including phenoxy) is 1. The van der Waals surface area contributed by atoms with Gasteiger partial charge in [-0.2, -0.15) is 0 Å². The first-order chi connectivity index (χ1) is 15.6. The molecule has 0 spiro atoms. The van der Waals surface area contributed by atoms with Crippen molar-refractivity contribution >= 4 is 33.6 Å². The minimum atomic E-state index is -0.893. The molecule has 0 aliphatic rings. The summed E-state index contributed by atoms with van der Waals surface area (Å²) in [5, 5.41) is 24.7. The summed E-state index contributed by atoms with van der Waals surface area (Å²) in [6.45, 7) is 0. The van der Waals surface area contributed by atoms with Gasteiger partial charge in [0.05, 0.1) is 18.7 Å². The highest BCUT2D eigenvalue weighted by Crippen LogP contribution is 2.30. The molecule has 1 unspecified atom stereocenters. The van der Waals surface area contributed by atoms with E-state index >= 15 is 0 Å². The van der Waals surface area contributed by atoms with E-state index in [1.807, 2.05) is 60.7 Å². The van der Waals surface area contributed by atoms with Gasteiger partial charge in [0.15, 0.2) is 0 Å². The Morgan fingerprint density at radius 3 is 2.50 bits per heavy atom. The third-order valence-corrected chi connectivity index (χ3v) is 5.80. The number of aliphatic carboxylic acids is 1. The second kappa shape index (κ2) is 9.56. The van der Waals surface area contributed by atoms with Crippen molar-refractivity contribution in [2.24, 2.45) is 11.1 Å². The molecule has 0 radical (unpaired) electrons. The topological polar surface area (TPSA) is 92.3 Å². The molecule has 6 heteroatoms. The Labute approximate surface area is 185 Å². The molecule has 0 saturated heterocycles. The predicted molar refractivity (Wildman–Crippen MR) is 124 cm³/mol. The number of hydrogen-bond donors (Lipinski definition) is 2. The monoisotopic (exact) mass is 431 g/mol. The number of carbonyl (C=O) groups is 1. The molecule has 4 rings (SSSR count). The van der Waals surface area contributed by atoms with E-state index in [1.54, 1.807) is 13.2 Å². The standard InChI is InChI=1S/C26H25NO5/c1-31-20-12-9-17(10-13-20)5-4-6-19(26(28)29)16-23(27-30)18-11-14-25-22(15-18)21-7-2-3-8-24(21)32-25/h2-3,7-15,19,30H,4-6,16H2,1H3,(H,28,29)/b27-23+. The maximum atomic E-state index is 11.9. The molecule has 0 aliphatic carbocycles. The molecule has 6 nitrogen and oxygen atoms in total. The molecule has 0 bridgehead atoms. The number of carboxylic acid groups (broad SMARTS) is 1. The van der Waals surface area contributed by atoms with Gasteiger partial charge < -0.3 is 19.5 Å². The van der Waals surface area contributed by atoms with Gasteiger partial charge in [-0.05, 0) is 61.2 Å². The van der Waals surface area contributed by atoms with Gasteiger partial charge in [-0.15, -0.1) is 0 Å². The highest BCUT2D eigenvalue weighted by Gasteiger charge is 2.22. The predicted octanol–water partition coefficient (Wildman–Crippen LogP) is 5.89. The smallest absolute Gasteiger partial charge is 0.306 e. The normalized spacial score (nSPS) is 12.8. The minimum Gasteiger partial charge on any atom is -0.497 e. The summed E-state index contributed by atoms with van der Waals surface area (Å²) in [7, 11) is 1.62. The van der Waals surface area contributed by atoms with E-state index in [2.05, 4.69) is 5.16 Å². The number of rotatable bonds is 9. The molecule has 164 valence electrons. The first kappa shape index (κ1) is 21.4. The first-order valence-electron chi connectivity index (χ1n) is 10.6. The van der Waals surface area contributed by atoms with E-state index in [0.29, 0.717) is 24.1 Å². The van der Waals surface area contributed by atoms with Crippen molar-refractivity contribution in [2.45, 2.75) is 25.7 Å². The number of benzene rings is 3. The quantitative estimate of drug-likeness (QED) is 0.196. The number of oxime groups is 1. The lowest BCUT2D eigenvalue weighted by Crippen LogP contribution is -2.19. The Hall–Kier alpha value is -3.80. The van der Waals surface area contributed by atoms with Crippen LogP contribution in [-0.2, 0) is 11.2 Å². The van der Waals surface area contributed by atoms with Crippen LogP contribution in [0.5, 0.6) is 5.75 Å². The average molecular weight is 431 g/mol. The van der Waals surface area contributed by atoms with Crippen LogP contribution in [0.2, 0.25) is 0 Å². The number of hydrogen-bond acceptors (Lipinski definition) is 5. The molecule has 4 aromatic rings. The highest BCUT2D eigenvalue weighted by atomic mass is 16.5. The van der Waals surface area contributed by atoms with Crippen molar-refractivity contribution in [3.63, 3.8) is 0 Å². The molecular formula is C26H25NO5. The van der Waals surface area contributed by atoms with Crippen LogP contribution in [0.4, 0.5) is 0 Å². The fourth-order valence-electron chi connectivity index (χ4n) is 4.01. The number of para-hydroxylation sites is 1. The highest BCUT2D eigenvalue weighted by molar-refractivity contribution is 6.10. The van der Waals surface area contributed by atoms with Crippen LogP contribution < -0.4 is 4.74 Å². The molecule has 2 N–H and O–H groups in total. The van der Waals surface area contributed by atoms with Crippen LogP contribution in [0.15, 0.2) is 76.3 Å². The fraction of sp³-hybridized carbons (Fsp3) is 0.231. The SMILES string of the molecule is COc1ccc(CCCC(C/C(=N\O)c2ccc3oc4ccccc4c3c2)C(=O)O)cc1. The van der Waals surface area contributed by atoms with Gasteiger partial charge in [0.1, 0.15) is 16.9 Å². The lowest BCUT2D eigenvalue weighted by Gasteiger charge is -2.13. The summed E-state index contributed by atoms with van der Waals surface area (Å²) in [6.07, 6.45) is 2.12. The summed E-state index contributed by atoms with van der Waals surface area (Å²) in [5.41, 5.74) is 3.69. The van der Waals surface area contributed by atoms with Gasteiger partial charge in [-0.3, -0.25) is 4.79 Å². The molecular weight excluding hydrogens is 406 g/mol. The van der Waals surface area contributed by atoms with Gasteiger partial charge in [0.2, 0.25) is 0 Å². The van der Waals surface area contributed by atoms with Gasteiger partial charge in [-0.1, -0.05) is 35.5 Å². The average Bonchev–Trinajstić information content (AvgIpc) is 3.19. The summed E-state index contributed by atoms with van der Waals surface area (Å²) < 4.78 is 11.0. The Kier molecular flexibility index (Phi) is 6.40. The molecule has 1 heterocycles. The van der Waals surface area contributed by atoms with Gasteiger partial charge in [-0.25, -0.2) is 0 Å². The second-order valence-electron chi connectivity index (χ2n) is 7.84. The van der Waals surface area contributed by atoms with Gasteiger partial charge in [0.25, 0.3) is 0 Å². The van der Waals surface area contributed by atoms with Crippen molar-refractivity contribution in [3.05, 3.63) is 77.9 Å². The van der Waals surface area contributed by atoms with Crippen LogP contribution in [0, 0.1) is 5.92 Å². The van der Waals surface area contributed by atoms with Crippen molar-refractivity contribution in [3.8, 4) is 5.75 Å². The first-order valence-corrected chi connectivity index (χ1v) is 10.6. The van der Waals surface area contributed by atoms with E-state index in [9.17, 15) is 15.1 Å². The summed E-state index contributed by atoms with van der Waals surface area (Å²) >= 11 is 0. The minimum absolute atomic E-state index is 0.149. The van der Waals surface area contributed by atoms with Gasteiger partial charge in [0, 0.05) is 22.8 Å². The van der Waals surface area contributed by atoms with E-state index < -0.39 is 11.9 Å². The number of fused-ring (bicyclic) bond motifs is 3. The second-order valence-corrected chi connectivity index (χ2v) is 7.84. The van der Waals surface area contributed by atoms with Crippen LogP contribution in [0.3, 0.4) is 0 Å². The zero-order valence-electron chi connectivity index (χ0n) is 17.8. The summed E-state index contributed by atoms with van der Waals surface area (Å²) in [5.74, 6) is -0.741. The van der Waals surface area contributed by atoms with Crippen molar-refractivity contribution < 1.29 is 24.3 Å². The molecule has 1 aromatic heterocycles. The van der Waals surface area contributed by atoms with Crippen molar-refractivity contribution in [1.82, 2.24) is 0 Å². The Balaban J connectivity index is 1.47. The summed E-state index contributed by atoms with van der Waals surface area (Å²) in [6, 6.07) is 21.0. The van der Waals surface area contributed by atoms with Crippen molar-refractivity contribution in [1.29, 1.82) is 0 Å². The molecule has 32 heavy (non-hydrogen) atoms. The zero-order chi connectivity index (χ0) is 22.5. The maximum absolute atomic E-state index is 11.9. The molecule has 0 saturated carbocycles. The third kappa shape index (κ3) is 4.59. The van der Waals surface area contributed by atoms with E-state index in [0.717, 1.165) is 39.7 Å². The lowest BCUT2D eigenvalue weighted by molar-refractivity contribution is -0.141. The van der Waals surface area contributed by atoms with E-state index in [4.69, 9.17) is 9.15 Å². The Morgan fingerprint density at radius 2 is 1.78 bits per heavy atom. The van der Waals surface area contributed by atoms with Crippen molar-refractivity contribution in [2.75, 3.05) is 7.11 Å². The Morgan fingerprint density at radius 1 is 1.03 bits per heavy atom. The number of carboxylic acids is 1. The van der Waals surface area contributed by atoms with Crippen LogP contribution in [-0.4, -0.2) is 29.1 Å². The van der Waals surface area contributed by atoms with Crippen LogP contribution in [0.25, 0.3) is 21.9 Å². The summed E-state index contributed by atoms with van der Waals surface area (Å²) in [4.78, 5) is 11.9. The fourth-order valence-corrected chi connectivity index (χ4v) is 4.01. The lowest BCUT2D eigenvalue weighted by atomic mass is 9.92. The maximum Gasteiger partial charge on any atom is 0.306 e. The largest absolute Gasteiger partial charge is 0.497 e. The zero-order valence-corrected chi connectivity index (χ0v) is 17.8. The number of aryl methyl sites for hydroxylation is 1. The van der Waals surface area contributed by atoms with E-state index in [-0.39, 0.29) is 6.42 Å². The molecule has 3 aromatic carbocycles.